The molecule has 0 aliphatic heterocycles. The van der Waals surface area contributed by atoms with Gasteiger partial charge in [0.05, 0.1) is 24.3 Å². The highest BCUT2D eigenvalue weighted by molar-refractivity contribution is 5.94. The molecule has 1 aromatic rings. The van der Waals surface area contributed by atoms with Crippen LogP contribution in [0.3, 0.4) is 0 Å². The number of nitriles is 1. The normalized spacial score (nSPS) is 11.5. The number of amides is 1. The Bertz CT molecular complexity index is 398. The van der Waals surface area contributed by atoms with Crippen LogP contribution in [0.1, 0.15) is 23.7 Å². The Kier molecular flexibility index (Phi) is 3.63. The Morgan fingerprint density at radius 3 is 3.07 bits per heavy atom. The summed E-state index contributed by atoms with van der Waals surface area (Å²) >= 11 is 0. The molecular formula is C10H11N3O2. The molecule has 1 rings (SSSR count). The lowest BCUT2D eigenvalue weighted by atomic mass is 10.2. The summed E-state index contributed by atoms with van der Waals surface area (Å²) in [6.45, 7) is 1.73. The number of nitrogens with zero attached hydrogens (tertiary/aromatic N) is 2. The van der Waals surface area contributed by atoms with Gasteiger partial charge in [-0.15, -0.1) is 0 Å². The Labute approximate surface area is 87.4 Å². The van der Waals surface area contributed by atoms with E-state index in [0.29, 0.717) is 0 Å². The molecule has 0 radical (unpaired) electrons. The lowest BCUT2D eigenvalue weighted by molar-refractivity contribution is 0.0940. The van der Waals surface area contributed by atoms with E-state index < -0.39 is 0 Å². The Balaban J connectivity index is 2.66. The fourth-order valence-corrected chi connectivity index (χ4v) is 1.05. The minimum absolute atomic E-state index is 0.0596. The molecule has 0 fully saturated rings. The first-order valence-electron chi connectivity index (χ1n) is 4.45. The molecule has 0 spiro atoms. The van der Waals surface area contributed by atoms with Gasteiger partial charge in [-0.05, 0) is 13.0 Å². The largest absolute Gasteiger partial charge is 0.506 e. The average Bonchev–Trinajstić information content (AvgIpc) is 2.18. The van der Waals surface area contributed by atoms with Crippen LogP contribution in [0.4, 0.5) is 0 Å². The number of aromatic nitrogens is 1. The molecule has 1 aromatic heterocycles. The van der Waals surface area contributed by atoms with Gasteiger partial charge in [-0.3, -0.25) is 9.78 Å². The van der Waals surface area contributed by atoms with Crippen molar-refractivity contribution in [3.63, 3.8) is 0 Å². The summed E-state index contributed by atoms with van der Waals surface area (Å²) < 4.78 is 0. The van der Waals surface area contributed by atoms with E-state index in [0.717, 1.165) is 0 Å². The lowest BCUT2D eigenvalue weighted by Crippen LogP contribution is -2.32. The van der Waals surface area contributed by atoms with Crippen molar-refractivity contribution < 1.29 is 9.90 Å². The lowest BCUT2D eigenvalue weighted by Gasteiger charge is -2.09. The summed E-state index contributed by atoms with van der Waals surface area (Å²) in [6, 6.07) is 3.06. The predicted molar refractivity (Wildman–Crippen MR) is 53.1 cm³/mol. The molecule has 0 aliphatic carbocycles. The fourth-order valence-electron chi connectivity index (χ4n) is 1.05. The highest BCUT2D eigenvalue weighted by Crippen LogP contribution is 2.08. The minimum Gasteiger partial charge on any atom is -0.506 e. The molecule has 1 atom stereocenters. The van der Waals surface area contributed by atoms with Crippen molar-refractivity contribution in [2.24, 2.45) is 0 Å². The number of hydrogen-bond donors (Lipinski definition) is 2. The molecule has 78 valence electrons. The SMILES string of the molecule is CC(CC#N)NC(=O)c1cncc(O)c1. The minimum atomic E-state index is -0.346. The molecule has 5 nitrogen and oxygen atoms in total. The standard InChI is InChI=1S/C10H11N3O2/c1-7(2-3-11)13-10(15)8-4-9(14)6-12-5-8/h4-7,14H,2H2,1H3,(H,13,15). The van der Waals surface area contributed by atoms with Crippen molar-refractivity contribution in [3.05, 3.63) is 24.0 Å². The van der Waals surface area contributed by atoms with Crippen LogP contribution in [-0.2, 0) is 0 Å². The van der Waals surface area contributed by atoms with Gasteiger partial charge < -0.3 is 10.4 Å². The molecule has 0 bridgehead atoms. The van der Waals surface area contributed by atoms with Crippen LogP contribution in [0, 0.1) is 11.3 Å². The van der Waals surface area contributed by atoms with Crippen molar-refractivity contribution in [2.45, 2.75) is 19.4 Å². The molecule has 1 unspecified atom stereocenters. The molecule has 0 saturated carbocycles. The maximum absolute atomic E-state index is 11.5. The van der Waals surface area contributed by atoms with Gasteiger partial charge in [0.25, 0.3) is 5.91 Å². The van der Waals surface area contributed by atoms with E-state index in [-0.39, 0.29) is 29.7 Å². The van der Waals surface area contributed by atoms with Crippen LogP contribution in [0.25, 0.3) is 0 Å². The third-order valence-corrected chi connectivity index (χ3v) is 1.76. The maximum Gasteiger partial charge on any atom is 0.253 e. The van der Waals surface area contributed by atoms with Gasteiger partial charge in [-0.2, -0.15) is 5.26 Å². The molecule has 1 amide bonds. The van der Waals surface area contributed by atoms with E-state index >= 15 is 0 Å². The van der Waals surface area contributed by atoms with E-state index in [2.05, 4.69) is 10.3 Å². The van der Waals surface area contributed by atoms with Crippen LogP contribution in [0.5, 0.6) is 5.75 Å². The number of nitrogens with one attached hydrogen (secondary N) is 1. The molecule has 0 aromatic carbocycles. The van der Waals surface area contributed by atoms with E-state index in [1.165, 1.54) is 18.5 Å². The number of carbonyl (C=O) groups is 1. The summed E-state index contributed by atoms with van der Waals surface area (Å²) in [5.41, 5.74) is 0.278. The summed E-state index contributed by atoms with van der Waals surface area (Å²) in [5.74, 6) is -0.406. The van der Waals surface area contributed by atoms with E-state index in [9.17, 15) is 4.79 Å². The zero-order valence-corrected chi connectivity index (χ0v) is 8.27. The Morgan fingerprint density at radius 2 is 2.47 bits per heavy atom. The quantitative estimate of drug-likeness (QED) is 0.764. The summed E-state index contributed by atoms with van der Waals surface area (Å²) in [5, 5.41) is 20.1. The molecular weight excluding hydrogens is 194 g/mol. The monoisotopic (exact) mass is 205 g/mol. The van der Waals surface area contributed by atoms with Gasteiger partial charge in [0.1, 0.15) is 5.75 Å². The topological polar surface area (TPSA) is 86.0 Å². The number of carbonyl (C=O) groups excluding carboxylic acids is 1. The van der Waals surface area contributed by atoms with Crippen molar-refractivity contribution in [1.29, 1.82) is 5.26 Å². The van der Waals surface area contributed by atoms with Crippen LogP contribution in [-0.4, -0.2) is 22.0 Å². The molecule has 1 heterocycles. The fraction of sp³-hybridized carbons (Fsp3) is 0.300. The van der Waals surface area contributed by atoms with Crippen molar-refractivity contribution in [1.82, 2.24) is 10.3 Å². The molecule has 0 aliphatic rings. The van der Waals surface area contributed by atoms with Crippen molar-refractivity contribution >= 4 is 5.91 Å². The second kappa shape index (κ2) is 4.96. The molecule has 5 heteroatoms. The van der Waals surface area contributed by atoms with Crippen LogP contribution in [0.2, 0.25) is 0 Å². The maximum atomic E-state index is 11.5. The van der Waals surface area contributed by atoms with Crippen molar-refractivity contribution in [2.75, 3.05) is 0 Å². The first-order chi connectivity index (χ1) is 7.13. The summed E-state index contributed by atoms with van der Waals surface area (Å²) in [7, 11) is 0. The summed E-state index contributed by atoms with van der Waals surface area (Å²) in [4.78, 5) is 15.2. The van der Waals surface area contributed by atoms with Gasteiger partial charge in [0.15, 0.2) is 0 Å². The average molecular weight is 205 g/mol. The van der Waals surface area contributed by atoms with Crippen LogP contribution < -0.4 is 5.32 Å². The third kappa shape index (κ3) is 3.27. The Hall–Kier alpha value is -2.09. The van der Waals surface area contributed by atoms with Gasteiger partial charge in [0.2, 0.25) is 0 Å². The highest BCUT2D eigenvalue weighted by atomic mass is 16.3. The van der Waals surface area contributed by atoms with Gasteiger partial charge >= 0.3 is 0 Å². The number of rotatable bonds is 3. The zero-order valence-electron chi connectivity index (χ0n) is 8.27. The second-order valence-corrected chi connectivity index (χ2v) is 3.17. The van der Waals surface area contributed by atoms with Gasteiger partial charge in [-0.1, -0.05) is 0 Å². The second-order valence-electron chi connectivity index (χ2n) is 3.17. The zero-order chi connectivity index (χ0) is 11.3. The van der Waals surface area contributed by atoms with E-state index in [1.54, 1.807) is 6.92 Å². The number of pyridine rings is 1. The van der Waals surface area contributed by atoms with Crippen LogP contribution in [0.15, 0.2) is 18.5 Å². The van der Waals surface area contributed by atoms with Gasteiger partial charge in [0, 0.05) is 12.2 Å². The summed E-state index contributed by atoms with van der Waals surface area (Å²) in [6.07, 6.45) is 2.85. The molecule has 2 N–H and O–H groups in total. The van der Waals surface area contributed by atoms with Gasteiger partial charge in [-0.25, -0.2) is 0 Å². The third-order valence-electron chi connectivity index (χ3n) is 1.76. The molecule has 15 heavy (non-hydrogen) atoms. The smallest absolute Gasteiger partial charge is 0.253 e. The predicted octanol–water partition coefficient (Wildman–Crippen LogP) is 0.819. The number of aromatic hydroxyl groups is 1. The first-order valence-corrected chi connectivity index (χ1v) is 4.45. The highest BCUT2D eigenvalue weighted by Gasteiger charge is 2.09. The van der Waals surface area contributed by atoms with Crippen LogP contribution >= 0.6 is 0 Å². The van der Waals surface area contributed by atoms with E-state index in [4.69, 9.17) is 10.4 Å². The Morgan fingerprint density at radius 1 is 1.73 bits per heavy atom. The first kappa shape index (κ1) is 11.0. The number of hydrogen-bond acceptors (Lipinski definition) is 4. The van der Waals surface area contributed by atoms with Crippen molar-refractivity contribution in [3.8, 4) is 11.8 Å². The van der Waals surface area contributed by atoms with E-state index in [1.807, 2.05) is 6.07 Å². The molecule has 0 saturated heterocycles.